The third-order valence-electron chi connectivity index (χ3n) is 2.30. The number of hydrogen-bond acceptors (Lipinski definition) is 3. The average molecular weight is 231 g/mol. The van der Waals surface area contributed by atoms with E-state index in [1.807, 2.05) is 24.3 Å². The topological polar surface area (TPSA) is 74.8 Å². The second-order valence-electron chi connectivity index (χ2n) is 3.86. The average Bonchev–Trinajstić information content (AvgIpc) is 2.68. The molecule has 0 unspecified atom stereocenters. The zero-order chi connectivity index (χ0) is 12.3. The maximum Gasteiger partial charge on any atom is 0.227 e. The van der Waals surface area contributed by atoms with E-state index in [4.69, 9.17) is 0 Å². The minimum atomic E-state index is -0.280. The van der Waals surface area contributed by atoms with Crippen molar-refractivity contribution < 1.29 is 9.59 Å². The van der Waals surface area contributed by atoms with Crippen LogP contribution in [0.5, 0.6) is 0 Å². The van der Waals surface area contributed by atoms with Crippen molar-refractivity contribution in [2.45, 2.75) is 19.9 Å². The Hall–Kier alpha value is -2.17. The molecule has 2 rings (SSSR count). The van der Waals surface area contributed by atoms with E-state index in [-0.39, 0.29) is 18.1 Å². The molecule has 0 radical (unpaired) electrons. The zero-order valence-corrected chi connectivity index (χ0v) is 9.49. The minimum absolute atomic E-state index is 0.0831. The molecule has 0 bridgehead atoms. The number of aromatic nitrogens is 2. The molecule has 2 N–H and O–H groups in total. The van der Waals surface area contributed by atoms with Crippen molar-refractivity contribution in [2.24, 2.45) is 0 Å². The van der Waals surface area contributed by atoms with Gasteiger partial charge in [0.15, 0.2) is 0 Å². The summed E-state index contributed by atoms with van der Waals surface area (Å²) < 4.78 is 0. The van der Waals surface area contributed by atoms with Crippen LogP contribution in [0.25, 0.3) is 11.0 Å². The van der Waals surface area contributed by atoms with Gasteiger partial charge in [-0.3, -0.25) is 9.59 Å². The predicted molar refractivity (Wildman–Crippen MR) is 63.2 cm³/mol. The number of nitrogens with one attached hydrogen (secondary N) is 2. The Labute approximate surface area is 98.2 Å². The van der Waals surface area contributed by atoms with Crippen molar-refractivity contribution in [1.29, 1.82) is 0 Å². The van der Waals surface area contributed by atoms with Crippen LogP contribution in [-0.4, -0.2) is 21.7 Å². The van der Waals surface area contributed by atoms with E-state index in [0.29, 0.717) is 12.4 Å². The molecule has 17 heavy (non-hydrogen) atoms. The number of carbonyl (C=O) groups excluding carboxylic acids is 2. The van der Waals surface area contributed by atoms with Crippen LogP contribution >= 0.6 is 0 Å². The molecule has 1 aromatic carbocycles. The fraction of sp³-hybridized carbons (Fsp3) is 0.250. The van der Waals surface area contributed by atoms with Crippen molar-refractivity contribution in [3.8, 4) is 0 Å². The molecule has 1 amide bonds. The summed E-state index contributed by atoms with van der Waals surface area (Å²) >= 11 is 0. The van der Waals surface area contributed by atoms with Crippen molar-refractivity contribution in [1.82, 2.24) is 15.3 Å². The number of carbonyl (C=O) groups is 2. The number of fused-ring (bicyclic) bond motifs is 1. The van der Waals surface area contributed by atoms with Crippen LogP contribution in [0.15, 0.2) is 24.3 Å². The Bertz CT molecular complexity index is 527. The molecule has 0 aliphatic carbocycles. The molecule has 0 saturated heterocycles. The van der Waals surface area contributed by atoms with Gasteiger partial charge in [-0.25, -0.2) is 4.98 Å². The largest absolute Gasteiger partial charge is 0.348 e. The van der Waals surface area contributed by atoms with E-state index in [1.54, 1.807) is 0 Å². The lowest BCUT2D eigenvalue weighted by Gasteiger charge is -2.00. The van der Waals surface area contributed by atoms with E-state index in [9.17, 15) is 9.59 Å². The van der Waals surface area contributed by atoms with E-state index < -0.39 is 0 Å². The van der Waals surface area contributed by atoms with Crippen molar-refractivity contribution >= 4 is 22.7 Å². The van der Waals surface area contributed by atoms with Gasteiger partial charge in [0, 0.05) is 0 Å². The van der Waals surface area contributed by atoms with Crippen molar-refractivity contribution in [2.75, 3.05) is 0 Å². The Morgan fingerprint density at radius 1 is 1.35 bits per heavy atom. The molecule has 0 aliphatic heterocycles. The Balaban J connectivity index is 1.99. The second kappa shape index (κ2) is 4.78. The maximum atomic E-state index is 11.3. The third-order valence-corrected chi connectivity index (χ3v) is 2.30. The highest BCUT2D eigenvalue weighted by molar-refractivity contribution is 5.96. The molecule has 1 heterocycles. The molecule has 0 atom stereocenters. The summed E-state index contributed by atoms with van der Waals surface area (Å²) in [6.45, 7) is 1.70. The van der Waals surface area contributed by atoms with Crippen LogP contribution in [0.1, 0.15) is 19.2 Å². The maximum absolute atomic E-state index is 11.3. The molecular weight excluding hydrogens is 218 g/mol. The Morgan fingerprint density at radius 3 is 2.82 bits per heavy atom. The first-order chi connectivity index (χ1) is 8.15. The molecule has 88 valence electrons. The Kier molecular flexibility index (Phi) is 3.18. The van der Waals surface area contributed by atoms with Crippen molar-refractivity contribution in [3.63, 3.8) is 0 Å². The van der Waals surface area contributed by atoms with E-state index >= 15 is 0 Å². The Morgan fingerprint density at radius 2 is 2.12 bits per heavy atom. The lowest BCUT2D eigenvalue weighted by molar-refractivity contribution is -0.127. The summed E-state index contributed by atoms with van der Waals surface area (Å²) in [5.41, 5.74) is 1.80. The van der Waals surface area contributed by atoms with Crippen LogP contribution in [-0.2, 0) is 16.1 Å². The summed E-state index contributed by atoms with van der Waals surface area (Å²) in [7, 11) is 0. The highest BCUT2D eigenvalue weighted by atomic mass is 16.2. The first-order valence-electron chi connectivity index (χ1n) is 5.35. The number of Topliss-reactive ketones (excluding diaryl/α,β-unsaturated/α-hetero) is 1. The molecule has 5 heteroatoms. The summed E-state index contributed by atoms with van der Waals surface area (Å²) in [5, 5.41) is 2.64. The van der Waals surface area contributed by atoms with Gasteiger partial charge >= 0.3 is 0 Å². The summed E-state index contributed by atoms with van der Waals surface area (Å²) in [6, 6.07) is 7.63. The zero-order valence-electron chi connectivity index (χ0n) is 9.49. The monoisotopic (exact) mass is 231 g/mol. The van der Waals surface area contributed by atoms with E-state index in [1.165, 1.54) is 6.92 Å². The first-order valence-corrected chi connectivity index (χ1v) is 5.35. The number of nitrogens with zero attached hydrogens (tertiary/aromatic N) is 1. The van der Waals surface area contributed by atoms with Crippen LogP contribution in [0.3, 0.4) is 0 Å². The SMILES string of the molecule is CC(=O)CC(=O)NCc1nc2ccccc2[nH]1. The molecule has 2 aromatic rings. The normalized spacial score (nSPS) is 10.4. The summed E-state index contributed by atoms with van der Waals surface area (Å²) in [5.74, 6) is 0.258. The van der Waals surface area contributed by atoms with Gasteiger partial charge in [0.05, 0.1) is 24.0 Å². The number of para-hydroxylation sites is 2. The highest BCUT2D eigenvalue weighted by Gasteiger charge is 2.06. The predicted octanol–water partition coefficient (Wildman–Crippen LogP) is 1.16. The number of benzene rings is 1. The van der Waals surface area contributed by atoms with Gasteiger partial charge < -0.3 is 10.3 Å². The van der Waals surface area contributed by atoms with Crippen LogP contribution < -0.4 is 5.32 Å². The van der Waals surface area contributed by atoms with E-state index in [2.05, 4.69) is 15.3 Å². The standard InChI is InChI=1S/C12H13N3O2/c1-8(16)6-12(17)13-7-11-14-9-4-2-3-5-10(9)15-11/h2-5H,6-7H2,1H3,(H,13,17)(H,14,15). The number of aromatic amines is 1. The molecule has 5 nitrogen and oxygen atoms in total. The lowest BCUT2D eigenvalue weighted by Crippen LogP contribution is -2.24. The highest BCUT2D eigenvalue weighted by Crippen LogP contribution is 2.09. The van der Waals surface area contributed by atoms with Gasteiger partial charge in [-0.1, -0.05) is 12.1 Å². The fourth-order valence-electron chi connectivity index (χ4n) is 1.56. The molecule has 0 saturated carbocycles. The number of ketones is 1. The van der Waals surface area contributed by atoms with Gasteiger partial charge in [-0.15, -0.1) is 0 Å². The lowest BCUT2D eigenvalue weighted by atomic mass is 10.3. The van der Waals surface area contributed by atoms with Crippen LogP contribution in [0, 0.1) is 0 Å². The molecular formula is C12H13N3O2. The van der Waals surface area contributed by atoms with Crippen LogP contribution in [0.4, 0.5) is 0 Å². The number of imidazole rings is 1. The van der Waals surface area contributed by atoms with Gasteiger partial charge in [-0.2, -0.15) is 0 Å². The van der Waals surface area contributed by atoms with Gasteiger partial charge in [-0.05, 0) is 19.1 Å². The number of hydrogen-bond donors (Lipinski definition) is 2. The first kappa shape index (κ1) is 11.3. The molecule has 0 aliphatic rings. The number of H-pyrrole nitrogens is 1. The fourth-order valence-corrected chi connectivity index (χ4v) is 1.56. The van der Waals surface area contributed by atoms with Gasteiger partial charge in [0.2, 0.25) is 5.91 Å². The summed E-state index contributed by atoms with van der Waals surface area (Å²) in [6.07, 6.45) is -0.0831. The van der Waals surface area contributed by atoms with Gasteiger partial charge in [0.1, 0.15) is 11.6 Å². The quantitative estimate of drug-likeness (QED) is 0.775. The van der Waals surface area contributed by atoms with Gasteiger partial charge in [0.25, 0.3) is 0 Å². The minimum Gasteiger partial charge on any atom is -0.348 e. The number of rotatable bonds is 4. The van der Waals surface area contributed by atoms with Crippen molar-refractivity contribution in [3.05, 3.63) is 30.1 Å². The number of amides is 1. The molecule has 0 spiro atoms. The molecule has 0 fully saturated rings. The second-order valence-corrected chi connectivity index (χ2v) is 3.86. The van der Waals surface area contributed by atoms with E-state index in [0.717, 1.165) is 11.0 Å². The summed E-state index contributed by atoms with van der Waals surface area (Å²) in [4.78, 5) is 29.4. The van der Waals surface area contributed by atoms with Crippen LogP contribution in [0.2, 0.25) is 0 Å². The smallest absolute Gasteiger partial charge is 0.227 e. The molecule has 1 aromatic heterocycles. The third kappa shape index (κ3) is 2.90.